The number of aromatic nitrogens is 2. The van der Waals surface area contributed by atoms with Gasteiger partial charge in [-0.2, -0.15) is 11.3 Å². The largest absolute Gasteiger partial charge is 0.293 e. The average Bonchev–Trinajstić information content (AvgIpc) is 3.16. The molecule has 0 aromatic carbocycles. The van der Waals surface area contributed by atoms with Gasteiger partial charge in [0.15, 0.2) is 0 Å². The molecule has 3 atom stereocenters. The molecule has 1 N–H and O–H groups in total. The van der Waals surface area contributed by atoms with E-state index in [1.807, 2.05) is 6.92 Å². The fraction of sp³-hybridized carbons (Fsp3) is 0.438. The molecule has 3 heterocycles. The Morgan fingerprint density at radius 2 is 2.23 bits per heavy atom. The summed E-state index contributed by atoms with van der Waals surface area (Å²) in [6, 6.07) is 4.12. The molecule has 22 heavy (non-hydrogen) atoms. The second kappa shape index (κ2) is 6.54. The monoisotopic (exact) mass is 316 g/mol. The van der Waals surface area contributed by atoms with Crippen LogP contribution in [0.5, 0.6) is 0 Å². The standard InChI is InChI=1S/C16H20N4OS/c1-11-8-14(13-4-7-22-10-13)9-20(11)12(2)15(21)19-16-17-5-3-6-18-16/h3-7,10-12,14H,8-9H2,1-2H3,(H,17,18,19,21)/t11-,12-,14+/m1/s1. The van der Waals surface area contributed by atoms with Gasteiger partial charge >= 0.3 is 0 Å². The summed E-state index contributed by atoms with van der Waals surface area (Å²) in [7, 11) is 0. The van der Waals surface area contributed by atoms with Crippen LogP contribution in [-0.4, -0.2) is 39.4 Å². The Balaban J connectivity index is 1.64. The summed E-state index contributed by atoms with van der Waals surface area (Å²) < 4.78 is 0. The molecule has 0 aliphatic carbocycles. The summed E-state index contributed by atoms with van der Waals surface area (Å²) in [5, 5.41) is 7.12. The second-order valence-corrected chi connectivity index (χ2v) is 6.55. The van der Waals surface area contributed by atoms with Crippen molar-refractivity contribution < 1.29 is 4.79 Å². The molecule has 1 aliphatic rings. The van der Waals surface area contributed by atoms with E-state index < -0.39 is 0 Å². The average molecular weight is 316 g/mol. The SMILES string of the molecule is C[C@@H]1C[C@H](c2ccsc2)CN1[C@H](C)C(=O)Nc1ncccn1. The summed E-state index contributed by atoms with van der Waals surface area (Å²) in [6.07, 6.45) is 4.34. The third-order valence-corrected chi connectivity index (χ3v) is 5.02. The molecular weight excluding hydrogens is 296 g/mol. The number of amides is 1. The van der Waals surface area contributed by atoms with Crippen LogP contribution in [0.15, 0.2) is 35.3 Å². The van der Waals surface area contributed by atoms with Crippen LogP contribution in [0.25, 0.3) is 0 Å². The molecular formula is C16H20N4OS. The van der Waals surface area contributed by atoms with Crippen LogP contribution in [0.4, 0.5) is 5.95 Å². The zero-order valence-electron chi connectivity index (χ0n) is 12.8. The minimum absolute atomic E-state index is 0.0518. The number of hydrogen-bond donors (Lipinski definition) is 1. The molecule has 2 aromatic heterocycles. The Morgan fingerprint density at radius 1 is 1.45 bits per heavy atom. The molecule has 1 aliphatic heterocycles. The fourth-order valence-corrected chi connectivity index (χ4v) is 3.82. The van der Waals surface area contributed by atoms with Gasteiger partial charge in [-0.25, -0.2) is 9.97 Å². The van der Waals surface area contributed by atoms with Crippen LogP contribution < -0.4 is 5.32 Å². The summed E-state index contributed by atoms with van der Waals surface area (Å²) in [6.45, 7) is 5.06. The van der Waals surface area contributed by atoms with Crippen molar-refractivity contribution in [3.05, 3.63) is 40.8 Å². The molecule has 0 radical (unpaired) electrons. The van der Waals surface area contributed by atoms with Crippen molar-refractivity contribution in [2.24, 2.45) is 0 Å². The number of carbonyl (C=O) groups is 1. The van der Waals surface area contributed by atoms with Crippen molar-refractivity contribution in [2.75, 3.05) is 11.9 Å². The maximum Gasteiger partial charge on any atom is 0.243 e. The topological polar surface area (TPSA) is 58.1 Å². The molecule has 2 aromatic rings. The molecule has 1 saturated heterocycles. The Bertz CT molecular complexity index is 616. The van der Waals surface area contributed by atoms with Crippen LogP contribution in [0, 0.1) is 0 Å². The first kappa shape index (κ1) is 15.1. The molecule has 116 valence electrons. The Labute approximate surface area is 134 Å². The zero-order valence-corrected chi connectivity index (χ0v) is 13.6. The molecule has 3 rings (SSSR count). The lowest BCUT2D eigenvalue weighted by atomic mass is 10.00. The molecule has 0 saturated carbocycles. The van der Waals surface area contributed by atoms with E-state index in [0.29, 0.717) is 17.9 Å². The maximum atomic E-state index is 12.4. The predicted octanol–water partition coefficient (Wildman–Crippen LogP) is 2.74. The van der Waals surface area contributed by atoms with Gasteiger partial charge in [-0.3, -0.25) is 15.0 Å². The smallest absolute Gasteiger partial charge is 0.243 e. The minimum atomic E-state index is -0.192. The van der Waals surface area contributed by atoms with Gasteiger partial charge in [0.25, 0.3) is 0 Å². The molecule has 0 bridgehead atoms. The number of anilines is 1. The highest BCUT2D eigenvalue weighted by Gasteiger charge is 2.35. The number of rotatable bonds is 4. The van der Waals surface area contributed by atoms with Crippen molar-refractivity contribution in [3.8, 4) is 0 Å². The van der Waals surface area contributed by atoms with Gasteiger partial charge in [-0.05, 0) is 54.6 Å². The van der Waals surface area contributed by atoms with E-state index in [9.17, 15) is 4.79 Å². The van der Waals surface area contributed by atoms with Crippen molar-refractivity contribution in [2.45, 2.75) is 38.3 Å². The van der Waals surface area contributed by atoms with Crippen LogP contribution in [0.3, 0.4) is 0 Å². The number of nitrogens with zero attached hydrogens (tertiary/aromatic N) is 3. The van der Waals surface area contributed by atoms with Crippen LogP contribution in [0.2, 0.25) is 0 Å². The third kappa shape index (κ3) is 3.18. The molecule has 6 heteroatoms. The van der Waals surface area contributed by atoms with Crippen molar-refractivity contribution >= 4 is 23.2 Å². The van der Waals surface area contributed by atoms with Gasteiger partial charge in [-0.1, -0.05) is 0 Å². The Morgan fingerprint density at radius 3 is 2.91 bits per heavy atom. The first-order chi connectivity index (χ1) is 10.6. The number of hydrogen-bond acceptors (Lipinski definition) is 5. The lowest BCUT2D eigenvalue weighted by Gasteiger charge is -2.27. The Hall–Kier alpha value is -1.79. The van der Waals surface area contributed by atoms with E-state index in [4.69, 9.17) is 0 Å². The maximum absolute atomic E-state index is 12.4. The molecule has 0 unspecified atom stereocenters. The lowest BCUT2D eigenvalue weighted by molar-refractivity contribution is -0.121. The first-order valence-electron chi connectivity index (χ1n) is 7.51. The number of nitrogens with one attached hydrogen (secondary N) is 1. The van der Waals surface area contributed by atoms with Crippen molar-refractivity contribution in [1.82, 2.24) is 14.9 Å². The van der Waals surface area contributed by atoms with Crippen molar-refractivity contribution in [1.29, 1.82) is 0 Å². The van der Waals surface area contributed by atoms with Gasteiger partial charge in [0.05, 0.1) is 6.04 Å². The van der Waals surface area contributed by atoms with Gasteiger partial charge in [0.2, 0.25) is 11.9 Å². The predicted molar refractivity (Wildman–Crippen MR) is 88.0 cm³/mol. The highest BCUT2D eigenvalue weighted by molar-refractivity contribution is 7.07. The third-order valence-electron chi connectivity index (χ3n) is 4.32. The number of thiophene rings is 1. The van der Waals surface area contributed by atoms with Gasteiger partial charge in [0.1, 0.15) is 0 Å². The normalized spacial score (nSPS) is 23.4. The highest BCUT2D eigenvalue weighted by atomic mass is 32.1. The van der Waals surface area contributed by atoms with Crippen LogP contribution in [-0.2, 0) is 4.79 Å². The second-order valence-electron chi connectivity index (χ2n) is 5.77. The van der Waals surface area contributed by atoms with E-state index in [0.717, 1.165) is 13.0 Å². The van der Waals surface area contributed by atoms with E-state index >= 15 is 0 Å². The number of likely N-dealkylation sites (tertiary alicyclic amines) is 1. The summed E-state index contributed by atoms with van der Waals surface area (Å²) in [5.74, 6) is 0.828. The van der Waals surface area contributed by atoms with Gasteiger partial charge in [-0.15, -0.1) is 0 Å². The first-order valence-corrected chi connectivity index (χ1v) is 8.45. The van der Waals surface area contributed by atoms with Gasteiger partial charge in [0, 0.05) is 25.0 Å². The molecule has 5 nitrogen and oxygen atoms in total. The Kier molecular flexibility index (Phi) is 4.49. The van der Waals surface area contributed by atoms with Crippen LogP contribution in [0.1, 0.15) is 31.7 Å². The minimum Gasteiger partial charge on any atom is -0.293 e. The quantitative estimate of drug-likeness (QED) is 0.942. The van der Waals surface area contributed by atoms with Crippen LogP contribution >= 0.6 is 11.3 Å². The molecule has 1 fully saturated rings. The highest BCUT2D eigenvalue weighted by Crippen LogP contribution is 2.33. The molecule has 0 spiro atoms. The van der Waals surface area contributed by atoms with Crippen molar-refractivity contribution in [3.63, 3.8) is 0 Å². The van der Waals surface area contributed by atoms with E-state index in [-0.39, 0.29) is 11.9 Å². The summed E-state index contributed by atoms with van der Waals surface area (Å²) in [5.41, 5.74) is 1.39. The summed E-state index contributed by atoms with van der Waals surface area (Å²) in [4.78, 5) is 22.8. The van der Waals surface area contributed by atoms with E-state index in [1.165, 1.54) is 5.56 Å². The molecule has 1 amide bonds. The lowest BCUT2D eigenvalue weighted by Crippen LogP contribution is -2.44. The van der Waals surface area contributed by atoms with E-state index in [1.54, 1.807) is 29.8 Å². The zero-order chi connectivity index (χ0) is 15.5. The van der Waals surface area contributed by atoms with E-state index in [2.05, 4.69) is 43.9 Å². The summed E-state index contributed by atoms with van der Waals surface area (Å²) >= 11 is 1.73. The van der Waals surface area contributed by atoms with Gasteiger partial charge < -0.3 is 0 Å². The fourth-order valence-electron chi connectivity index (χ4n) is 3.07. The number of carbonyl (C=O) groups excluding carboxylic acids is 1.